The van der Waals surface area contributed by atoms with Gasteiger partial charge in [-0.1, -0.05) is 48.2 Å². The Morgan fingerprint density at radius 3 is 2.21 bits per heavy atom. The molecule has 2 aromatic rings. The summed E-state index contributed by atoms with van der Waals surface area (Å²) in [6.07, 6.45) is 0. The standard InChI is InChI=1S/C15H12FNOS/c16-14(11-19-13-9-5-2-6-10-13)15(18)17-12-7-3-1-4-8-12/h1-11H,(H,17,18). The summed E-state index contributed by atoms with van der Waals surface area (Å²) in [5, 5.41) is 3.68. The van der Waals surface area contributed by atoms with Gasteiger partial charge in [-0.25, -0.2) is 4.39 Å². The molecule has 0 aromatic heterocycles. The molecule has 2 aromatic carbocycles. The van der Waals surface area contributed by atoms with E-state index in [-0.39, 0.29) is 0 Å². The number of amides is 1. The minimum atomic E-state index is -0.808. The van der Waals surface area contributed by atoms with Gasteiger partial charge in [0.25, 0.3) is 5.91 Å². The van der Waals surface area contributed by atoms with Crippen LogP contribution in [0.5, 0.6) is 0 Å². The van der Waals surface area contributed by atoms with Crippen LogP contribution in [0.25, 0.3) is 0 Å². The number of carbonyl (C=O) groups excluding carboxylic acids is 1. The number of para-hydroxylation sites is 1. The first-order valence-corrected chi connectivity index (χ1v) is 6.57. The Labute approximate surface area is 115 Å². The summed E-state index contributed by atoms with van der Waals surface area (Å²) in [5.41, 5.74) is 0.570. The molecule has 0 saturated carbocycles. The van der Waals surface area contributed by atoms with Gasteiger partial charge in [-0.3, -0.25) is 4.79 Å². The van der Waals surface area contributed by atoms with Gasteiger partial charge in [-0.2, -0.15) is 0 Å². The SMILES string of the molecule is O=C(Nc1ccccc1)C(F)=CSc1ccccc1. The van der Waals surface area contributed by atoms with Crippen molar-refractivity contribution in [1.29, 1.82) is 0 Å². The molecule has 2 rings (SSSR count). The van der Waals surface area contributed by atoms with E-state index >= 15 is 0 Å². The minimum Gasteiger partial charge on any atom is -0.320 e. The first kappa shape index (κ1) is 13.4. The van der Waals surface area contributed by atoms with Crippen molar-refractivity contribution < 1.29 is 9.18 Å². The number of halogens is 1. The Morgan fingerprint density at radius 1 is 1.00 bits per heavy atom. The molecule has 1 N–H and O–H groups in total. The third-order valence-electron chi connectivity index (χ3n) is 2.29. The Hall–Kier alpha value is -2.07. The summed E-state index contributed by atoms with van der Waals surface area (Å²) < 4.78 is 13.6. The van der Waals surface area contributed by atoms with Crippen LogP contribution >= 0.6 is 11.8 Å². The minimum absolute atomic E-state index is 0.570. The Kier molecular flexibility index (Phi) is 4.75. The highest BCUT2D eigenvalue weighted by atomic mass is 32.2. The molecule has 0 radical (unpaired) electrons. The zero-order chi connectivity index (χ0) is 13.5. The molecule has 19 heavy (non-hydrogen) atoms. The van der Waals surface area contributed by atoms with Crippen molar-refractivity contribution in [2.24, 2.45) is 0 Å². The van der Waals surface area contributed by atoms with E-state index < -0.39 is 11.7 Å². The van der Waals surface area contributed by atoms with Crippen molar-refractivity contribution in [3.8, 4) is 0 Å². The number of thioether (sulfide) groups is 1. The van der Waals surface area contributed by atoms with Crippen LogP contribution in [-0.4, -0.2) is 5.91 Å². The van der Waals surface area contributed by atoms with Gasteiger partial charge in [0, 0.05) is 16.0 Å². The maximum atomic E-state index is 13.6. The largest absolute Gasteiger partial charge is 0.320 e. The highest BCUT2D eigenvalue weighted by molar-refractivity contribution is 8.02. The molecular weight excluding hydrogens is 261 g/mol. The average Bonchev–Trinajstić information content (AvgIpc) is 2.47. The van der Waals surface area contributed by atoms with Gasteiger partial charge >= 0.3 is 0 Å². The lowest BCUT2D eigenvalue weighted by atomic mass is 10.3. The number of anilines is 1. The number of hydrogen-bond donors (Lipinski definition) is 1. The van der Waals surface area contributed by atoms with Crippen molar-refractivity contribution in [1.82, 2.24) is 0 Å². The van der Waals surface area contributed by atoms with Crippen molar-refractivity contribution >= 4 is 23.4 Å². The second-order valence-electron chi connectivity index (χ2n) is 3.72. The van der Waals surface area contributed by atoms with Crippen LogP contribution in [0.1, 0.15) is 0 Å². The molecule has 4 heteroatoms. The summed E-state index contributed by atoms with van der Waals surface area (Å²) in [5.74, 6) is -1.55. The fraction of sp³-hybridized carbons (Fsp3) is 0. The lowest BCUT2D eigenvalue weighted by Crippen LogP contribution is -2.11. The summed E-state index contributed by atoms with van der Waals surface area (Å²) in [6.45, 7) is 0. The Morgan fingerprint density at radius 2 is 1.58 bits per heavy atom. The van der Waals surface area contributed by atoms with Crippen molar-refractivity contribution in [3.05, 3.63) is 71.9 Å². The molecule has 0 unspecified atom stereocenters. The van der Waals surface area contributed by atoms with Crippen LogP contribution in [0.3, 0.4) is 0 Å². The number of carbonyl (C=O) groups is 1. The normalized spacial score (nSPS) is 11.1. The average molecular weight is 273 g/mol. The quantitative estimate of drug-likeness (QED) is 0.667. The van der Waals surface area contributed by atoms with Gasteiger partial charge < -0.3 is 5.32 Å². The first-order chi connectivity index (χ1) is 9.25. The predicted octanol–water partition coefficient (Wildman–Crippen LogP) is 4.23. The second kappa shape index (κ2) is 6.75. The van der Waals surface area contributed by atoms with Gasteiger partial charge in [0.15, 0.2) is 5.83 Å². The fourth-order valence-electron chi connectivity index (χ4n) is 1.38. The number of nitrogens with one attached hydrogen (secondary N) is 1. The summed E-state index contributed by atoms with van der Waals surface area (Å²) in [4.78, 5) is 12.4. The van der Waals surface area contributed by atoms with Crippen LogP contribution in [0.15, 0.2) is 76.8 Å². The summed E-state index contributed by atoms with van der Waals surface area (Å²) in [7, 11) is 0. The van der Waals surface area contributed by atoms with E-state index in [4.69, 9.17) is 0 Å². The molecule has 96 valence electrons. The van der Waals surface area contributed by atoms with Crippen LogP contribution < -0.4 is 5.32 Å². The Bertz CT molecular complexity index is 569. The maximum absolute atomic E-state index is 13.6. The van der Waals surface area contributed by atoms with E-state index in [1.807, 2.05) is 36.4 Å². The number of hydrogen-bond acceptors (Lipinski definition) is 2. The van der Waals surface area contributed by atoms with Crippen molar-refractivity contribution in [2.45, 2.75) is 4.90 Å². The van der Waals surface area contributed by atoms with Crippen molar-refractivity contribution in [3.63, 3.8) is 0 Å². The molecule has 0 fully saturated rings. The fourth-order valence-corrected chi connectivity index (χ4v) is 2.05. The van der Waals surface area contributed by atoms with Gasteiger partial charge in [0.05, 0.1) is 0 Å². The molecular formula is C15H12FNOS. The molecule has 0 heterocycles. The zero-order valence-corrected chi connectivity index (χ0v) is 10.9. The van der Waals surface area contributed by atoms with Crippen LogP contribution in [0.2, 0.25) is 0 Å². The molecule has 0 atom stereocenters. The highest BCUT2D eigenvalue weighted by Crippen LogP contribution is 2.21. The van der Waals surface area contributed by atoms with Gasteiger partial charge in [0.2, 0.25) is 0 Å². The van der Waals surface area contributed by atoms with Gasteiger partial charge in [0.1, 0.15) is 0 Å². The van der Waals surface area contributed by atoms with E-state index in [1.54, 1.807) is 24.3 Å². The first-order valence-electron chi connectivity index (χ1n) is 5.69. The summed E-state index contributed by atoms with van der Waals surface area (Å²) in [6, 6.07) is 18.1. The molecule has 2 nitrogen and oxygen atoms in total. The molecule has 0 saturated heterocycles. The van der Waals surface area contributed by atoms with Crippen LogP contribution in [0.4, 0.5) is 10.1 Å². The predicted molar refractivity (Wildman–Crippen MR) is 76.6 cm³/mol. The highest BCUT2D eigenvalue weighted by Gasteiger charge is 2.08. The van der Waals surface area contributed by atoms with Gasteiger partial charge in [-0.15, -0.1) is 0 Å². The zero-order valence-electron chi connectivity index (χ0n) is 10.0. The molecule has 0 bridgehead atoms. The summed E-state index contributed by atoms with van der Waals surface area (Å²) >= 11 is 1.17. The maximum Gasteiger partial charge on any atom is 0.284 e. The van der Waals surface area contributed by atoms with E-state index in [1.165, 1.54) is 17.2 Å². The van der Waals surface area contributed by atoms with Gasteiger partial charge in [-0.05, 0) is 24.3 Å². The number of benzene rings is 2. The topological polar surface area (TPSA) is 29.1 Å². The van der Waals surface area contributed by atoms with Crippen molar-refractivity contribution in [2.75, 3.05) is 5.32 Å². The molecule has 1 amide bonds. The molecule has 0 aliphatic carbocycles. The van der Waals surface area contributed by atoms with Crippen LogP contribution in [-0.2, 0) is 4.79 Å². The Balaban J connectivity index is 1.95. The molecule has 0 aliphatic rings. The lowest BCUT2D eigenvalue weighted by Gasteiger charge is -2.02. The number of rotatable bonds is 4. The smallest absolute Gasteiger partial charge is 0.284 e. The lowest BCUT2D eigenvalue weighted by molar-refractivity contribution is -0.114. The monoisotopic (exact) mass is 273 g/mol. The van der Waals surface area contributed by atoms with E-state index in [2.05, 4.69) is 5.32 Å². The third-order valence-corrected chi connectivity index (χ3v) is 3.16. The third kappa shape index (κ3) is 4.26. The van der Waals surface area contributed by atoms with E-state index in [9.17, 15) is 9.18 Å². The molecule has 0 aliphatic heterocycles. The second-order valence-corrected chi connectivity index (χ2v) is 4.66. The molecule has 0 spiro atoms. The van der Waals surface area contributed by atoms with E-state index in [0.29, 0.717) is 5.69 Å². The van der Waals surface area contributed by atoms with E-state index in [0.717, 1.165) is 4.90 Å². The van der Waals surface area contributed by atoms with Crippen LogP contribution in [0, 0.1) is 0 Å².